The van der Waals surface area contributed by atoms with Crippen LogP contribution in [0.15, 0.2) is 42.6 Å². The number of pyridine rings is 1. The Bertz CT molecular complexity index is 641. The highest BCUT2D eigenvalue weighted by molar-refractivity contribution is 5.93. The van der Waals surface area contributed by atoms with Gasteiger partial charge in [0.05, 0.1) is 5.69 Å². The molecule has 0 saturated heterocycles. The molecule has 102 valence electrons. The highest BCUT2D eigenvalue weighted by Crippen LogP contribution is 2.20. The molecule has 2 aromatic rings. The van der Waals surface area contributed by atoms with Crippen LogP contribution in [-0.4, -0.2) is 22.3 Å². The van der Waals surface area contributed by atoms with Crippen molar-refractivity contribution in [1.29, 1.82) is 0 Å². The van der Waals surface area contributed by atoms with Crippen LogP contribution in [0.4, 0.5) is 5.69 Å². The summed E-state index contributed by atoms with van der Waals surface area (Å²) in [5, 5.41) is 0. The molecule has 0 radical (unpaired) electrons. The van der Waals surface area contributed by atoms with Gasteiger partial charge in [-0.1, -0.05) is 24.3 Å². The number of hydrogen-bond acceptors (Lipinski definition) is 4. The molecule has 2 heterocycles. The molecule has 1 amide bonds. The van der Waals surface area contributed by atoms with E-state index in [-0.39, 0.29) is 5.91 Å². The minimum absolute atomic E-state index is 0.0587. The molecule has 3 N–H and O–H groups in total. The monoisotopic (exact) mass is 268 g/mol. The Kier molecular flexibility index (Phi) is 3.35. The minimum atomic E-state index is -0.0587. The van der Waals surface area contributed by atoms with Crippen LogP contribution in [0.1, 0.15) is 21.6 Å². The molecule has 0 unspecified atom stereocenters. The molecule has 0 spiro atoms. The number of anilines is 1. The second-order valence-corrected chi connectivity index (χ2v) is 4.82. The van der Waals surface area contributed by atoms with Crippen molar-refractivity contribution in [2.24, 2.45) is 5.84 Å². The fourth-order valence-electron chi connectivity index (χ4n) is 2.47. The molecule has 5 nitrogen and oxygen atoms in total. The topological polar surface area (TPSA) is 71.2 Å². The van der Waals surface area contributed by atoms with Gasteiger partial charge in [0, 0.05) is 19.3 Å². The van der Waals surface area contributed by atoms with E-state index in [1.54, 1.807) is 18.3 Å². The Hall–Kier alpha value is -2.40. The third-order valence-corrected chi connectivity index (χ3v) is 3.56. The molecule has 0 saturated carbocycles. The van der Waals surface area contributed by atoms with Gasteiger partial charge in [0.2, 0.25) is 0 Å². The number of amides is 1. The predicted molar refractivity (Wildman–Crippen MR) is 76.9 cm³/mol. The van der Waals surface area contributed by atoms with Crippen molar-refractivity contribution in [3.63, 3.8) is 0 Å². The van der Waals surface area contributed by atoms with Crippen molar-refractivity contribution >= 4 is 11.6 Å². The maximum absolute atomic E-state index is 12.5. The molecule has 0 fully saturated rings. The summed E-state index contributed by atoms with van der Waals surface area (Å²) in [4.78, 5) is 18.4. The normalized spacial score (nSPS) is 13.8. The van der Waals surface area contributed by atoms with Gasteiger partial charge >= 0.3 is 0 Å². The van der Waals surface area contributed by atoms with Gasteiger partial charge in [0.1, 0.15) is 5.69 Å². The van der Waals surface area contributed by atoms with E-state index in [0.717, 1.165) is 13.0 Å². The van der Waals surface area contributed by atoms with Crippen LogP contribution in [0.3, 0.4) is 0 Å². The van der Waals surface area contributed by atoms with E-state index in [1.165, 1.54) is 11.1 Å². The number of nitrogens with one attached hydrogen (secondary N) is 1. The summed E-state index contributed by atoms with van der Waals surface area (Å²) in [6.45, 7) is 1.36. The lowest BCUT2D eigenvalue weighted by atomic mass is 10.00. The summed E-state index contributed by atoms with van der Waals surface area (Å²) in [6.07, 6.45) is 2.47. The number of hydrogen-bond donors (Lipinski definition) is 2. The largest absolute Gasteiger partial charge is 0.333 e. The van der Waals surface area contributed by atoms with Crippen molar-refractivity contribution in [3.05, 3.63) is 59.4 Å². The number of nitrogen functional groups attached to an aromatic ring is 1. The number of benzene rings is 1. The second kappa shape index (κ2) is 5.30. The van der Waals surface area contributed by atoms with Crippen molar-refractivity contribution in [1.82, 2.24) is 9.88 Å². The number of rotatable bonds is 2. The molecule has 0 atom stereocenters. The third-order valence-electron chi connectivity index (χ3n) is 3.56. The van der Waals surface area contributed by atoms with Crippen molar-refractivity contribution in [2.75, 3.05) is 12.0 Å². The smallest absolute Gasteiger partial charge is 0.272 e. The summed E-state index contributed by atoms with van der Waals surface area (Å²) in [5.41, 5.74) is 6.16. The van der Waals surface area contributed by atoms with Gasteiger partial charge in [-0.25, -0.2) is 0 Å². The van der Waals surface area contributed by atoms with Crippen molar-refractivity contribution in [3.8, 4) is 0 Å². The van der Waals surface area contributed by atoms with E-state index < -0.39 is 0 Å². The van der Waals surface area contributed by atoms with Crippen molar-refractivity contribution < 1.29 is 4.79 Å². The van der Waals surface area contributed by atoms with Crippen LogP contribution in [-0.2, 0) is 13.0 Å². The molecule has 20 heavy (non-hydrogen) atoms. The fraction of sp³-hybridized carbons (Fsp3) is 0.200. The summed E-state index contributed by atoms with van der Waals surface area (Å²) in [6, 6.07) is 11.6. The average molecular weight is 268 g/mol. The first-order valence-corrected chi connectivity index (χ1v) is 6.56. The maximum atomic E-state index is 12.5. The molecule has 0 bridgehead atoms. The number of hydrazine groups is 1. The quantitative estimate of drug-likeness (QED) is 0.640. The lowest BCUT2D eigenvalue weighted by Crippen LogP contribution is -2.36. The van der Waals surface area contributed by atoms with Crippen molar-refractivity contribution in [2.45, 2.75) is 13.0 Å². The number of carbonyl (C=O) groups is 1. The molecule has 1 aliphatic heterocycles. The Balaban J connectivity index is 1.82. The van der Waals surface area contributed by atoms with Gasteiger partial charge in [0.25, 0.3) is 5.91 Å². The average Bonchev–Trinajstić information content (AvgIpc) is 2.53. The minimum Gasteiger partial charge on any atom is -0.333 e. The molecule has 0 aliphatic carbocycles. The van der Waals surface area contributed by atoms with E-state index in [0.29, 0.717) is 17.9 Å². The Morgan fingerprint density at radius 1 is 1.25 bits per heavy atom. The lowest BCUT2D eigenvalue weighted by molar-refractivity contribution is 0.0729. The van der Waals surface area contributed by atoms with E-state index >= 15 is 0 Å². The fourth-order valence-corrected chi connectivity index (χ4v) is 2.47. The standard InChI is InChI=1S/C15H16N4O/c16-18-13-5-7-17-14(9-13)15(20)19-8-6-11-3-1-2-4-12(11)10-19/h1-5,7,9H,6,8,10,16H2,(H,17,18). The first-order valence-electron chi connectivity index (χ1n) is 6.56. The zero-order chi connectivity index (χ0) is 13.9. The van der Waals surface area contributed by atoms with Gasteiger partial charge in [-0.15, -0.1) is 0 Å². The number of aromatic nitrogens is 1. The van der Waals surface area contributed by atoms with Crippen LogP contribution in [0, 0.1) is 0 Å². The Morgan fingerprint density at radius 3 is 2.85 bits per heavy atom. The molecule has 3 rings (SSSR count). The van der Waals surface area contributed by atoms with Gasteiger partial charge < -0.3 is 10.3 Å². The highest BCUT2D eigenvalue weighted by atomic mass is 16.2. The summed E-state index contributed by atoms with van der Waals surface area (Å²) in [7, 11) is 0. The predicted octanol–water partition coefficient (Wildman–Crippen LogP) is 1.57. The molecule has 5 heteroatoms. The van der Waals surface area contributed by atoms with Gasteiger partial charge in [-0.2, -0.15) is 0 Å². The lowest BCUT2D eigenvalue weighted by Gasteiger charge is -2.28. The van der Waals surface area contributed by atoms with Gasteiger partial charge in [0.15, 0.2) is 0 Å². The zero-order valence-electron chi connectivity index (χ0n) is 11.0. The van der Waals surface area contributed by atoms with E-state index in [4.69, 9.17) is 5.84 Å². The molecular weight excluding hydrogens is 252 g/mol. The molecular formula is C15H16N4O. The number of fused-ring (bicyclic) bond motifs is 1. The van der Waals surface area contributed by atoms with Crippen LogP contribution in [0.25, 0.3) is 0 Å². The van der Waals surface area contributed by atoms with Crippen LogP contribution >= 0.6 is 0 Å². The van der Waals surface area contributed by atoms with E-state index in [2.05, 4.69) is 22.5 Å². The highest BCUT2D eigenvalue weighted by Gasteiger charge is 2.22. The SMILES string of the molecule is NNc1ccnc(C(=O)N2CCc3ccccc3C2)c1. The zero-order valence-corrected chi connectivity index (χ0v) is 11.0. The Labute approximate surface area is 117 Å². The Morgan fingerprint density at radius 2 is 2.05 bits per heavy atom. The maximum Gasteiger partial charge on any atom is 0.272 e. The van der Waals surface area contributed by atoms with E-state index in [9.17, 15) is 4.79 Å². The first kappa shape index (κ1) is 12.6. The summed E-state index contributed by atoms with van der Waals surface area (Å²) >= 11 is 0. The summed E-state index contributed by atoms with van der Waals surface area (Å²) < 4.78 is 0. The van der Waals surface area contributed by atoms with Gasteiger partial charge in [-0.05, 0) is 29.7 Å². The van der Waals surface area contributed by atoms with Crippen LogP contribution in [0.2, 0.25) is 0 Å². The van der Waals surface area contributed by atoms with Gasteiger partial charge in [-0.3, -0.25) is 15.6 Å². The summed E-state index contributed by atoms with van der Waals surface area (Å²) in [5.74, 6) is 5.30. The van der Waals surface area contributed by atoms with Crippen LogP contribution in [0.5, 0.6) is 0 Å². The number of nitrogens with two attached hydrogens (primary N) is 1. The van der Waals surface area contributed by atoms with Crippen LogP contribution < -0.4 is 11.3 Å². The molecule has 1 aromatic heterocycles. The first-order chi connectivity index (χ1) is 9.78. The van der Waals surface area contributed by atoms with E-state index in [1.807, 2.05) is 17.0 Å². The number of carbonyl (C=O) groups excluding carboxylic acids is 1. The second-order valence-electron chi connectivity index (χ2n) is 4.82. The molecule has 1 aromatic carbocycles. The third kappa shape index (κ3) is 2.35. The molecule has 1 aliphatic rings. The number of nitrogens with zero attached hydrogens (tertiary/aromatic N) is 2.